The van der Waals surface area contributed by atoms with Crippen molar-refractivity contribution in [1.29, 1.82) is 0 Å². The Morgan fingerprint density at radius 2 is 1.71 bits per heavy atom. The summed E-state index contributed by atoms with van der Waals surface area (Å²) in [5.41, 5.74) is -0.280. The molecule has 2 aromatic heterocycles. The number of nitrogens with zero attached hydrogens (tertiary/aromatic N) is 2. The van der Waals surface area contributed by atoms with Gasteiger partial charge in [-0.15, -0.1) is 0 Å². The Kier molecular flexibility index (Phi) is 11.1. The Bertz CT molecular complexity index is 1420. The van der Waals surface area contributed by atoms with Gasteiger partial charge in [0.25, 0.3) is 5.91 Å². The minimum atomic E-state index is -5.08. The molecule has 42 heavy (non-hydrogen) atoms. The highest BCUT2D eigenvalue weighted by atomic mass is 19.4. The number of pyridine rings is 1. The van der Waals surface area contributed by atoms with Crippen LogP contribution in [-0.2, 0) is 11.4 Å². The van der Waals surface area contributed by atoms with E-state index < -0.39 is 47.9 Å². The van der Waals surface area contributed by atoms with Gasteiger partial charge in [0.05, 0.1) is 30.1 Å². The number of aromatic nitrogens is 2. The van der Waals surface area contributed by atoms with E-state index in [-0.39, 0.29) is 29.2 Å². The molecule has 16 heteroatoms. The molecular weight excluding hydrogens is 575 g/mol. The molecule has 0 aliphatic carbocycles. The van der Waals surface area contributed by atoms with Crippen LogP contribution < -0.4 is 20.1 Å². The SMILES string of the molecule is CCCC(C)(CNC(=O)c1c(C)nc2c(OCc3c(F)cccc3F)cc(OC)cn12)NC(=O)O.O=C(O)C(F)(F)F. The number of methoxy groups -OCH3 is 1. The summed E-state index contributed by atoms with van der Waals surface area (Å²) in [7, 11) is 1.43. The molecule has 0 aliphatic rings. The van der Waals surface area contributed by atoms with Crippen molar-refractivity contribution < 1.29 is 56.0 Å². The van der Waals surface area contributed by atoms with E-state index >= 15 is 0 Å². The smallest absolute Gasteiger partial charge is 0.490 e. The van der Waals surface area contributed by atoms with Gasteiger partial charge in [-0.05, 0) is 32.4 Å². The molecule has 0 aliphatic heterocycles. The van der Waals surface area contributed by atoms with Crippen LogP contribution in [0.4, 0.5) is 26.7 Å². The summed E-state index contributed by atoms with van der Waals surface area (Å²) in [4.78, 5) is 37.6. The van der Waals surface area contributed by atoms with Gasteiger partial charge < -0.3 is 30.3 Å². The molecule has 0 fully saturated rings. The van der Waals surface area contributed by atoms with Crippen LogP contribution >= 0.6 is 0 Å². The zero-order chi connectivity index (χ0) is 31.8. The van der Waals surface area contributed by atoms with Gasteiger partial charge in [-0.25, -0.2) is 23.4 Å². The molecule has 2 heterocycles. The van der Waals surface area contributed by atoms with Crippen LogP contribution in [0, 0.1) is 18.6 Å². The quantitative estimate of drug-likeness (QED) is 0.243. The maximum absolute atomic E-state index is 14.0. The second-order valence-corrected chi connectivity index (χ2v) is 9.20. The number of benzene rings is 1. The van der Waals surface area contributed by atoms with Crippen LogP contribution in [0.15, 0.2) is 30.5 Å². The fourth-order valence-corrected chi connectivity index (χ4v) is 3.88. The molecule has 3 aromatic rings. The Balaban J connectivity index is 0.000000782. The van der Waals surface area contributed by atoms with E-state index in [0.29, 0.717) is 24.3 Å². The highest BCUT2D eigenvalue weighted by Crippen LogP contribution is 2.29. The van der Waals surface area contributed by atoms with Crippen LogP contribution in [0.2, 0.25) is 0 Å². The molecule has 11 nitrogen and oxygen atoms in total. The molecule has 230 valence electrons. The molecule has 1 aromatic carbocycles. The summed E-state index contributed by atoms with van der Waals surface area (Å²) in [6, 6.07) is 5.04. The number of ether oxygens (including phenoxy) is 2. The molecule has 3 rings (SSSR count). The molecule has 1 atom stereocenters. The highest BCUT2D eigenvalue weighted by molar-refractivity contribution is 5.95. The maximum Gasteiger partial charge on any atom is 0.490 e. The number of nitrogens with one attached hydrogen (secondary N) is 2. The topological polar surface area (TPSA) is 151 Å². The zero-order valence-corrected chi connectivity index (χ0v) is 22.9. The molecule has 4 N–H and O–H groups in total. The van der Waals surface area contributed by atoms with E-state index in [0.717, 1.165) is 12.1 Å². The van der Waals surface area contributed by atoms with Gasteiger partial charge in [-0.1, -0.05) is 19.4 Å². The lowest BCUT2D eigenvalue weighted by Crippen LogP contribution is -2.53. The first kappa shape index (κ1) is 33.6. The number of carboxylic acids is 1. The number of amides is 2. The van der Waals surface area contributed by atoms with Crippen molar-refractivity contribution in [3.63, 3.8) is 0 Å². The van der Waals surface area contributed by atoms with Crippen molar-refractivity contribution in [3.05, 3.63) is 59.0 Å². The Morgan fingerprint density at radius 1 is 1.12 bits per heavy atom. The van der Waals surface area contributed by atoms with E-state index in [1.807, 2.05) is 6.92 Å². The summed E-state index contributed by atoms with van der Waals surface area (Å²) in [5.74, 6) is -4.23. The lowest BCUT2D eigenvalue weighted by atomic mass is 9.96. The monoisotopic (exact) mass is 604 g/mol. The molecule has 0 saturated heterocycles. The molecule has 0 spiro atoms. The molecular formula is C26H29F5N4O7. The predicted octanol–water partition coefficient (Wildman–Crippen LogP) is 4.70. The first-order valence-electron chi connectivity index (χ1n) is 12.2. The van der Waals surface area contributed by atoms with E-state index in [9.17, 15) is 31.5 Å². The van der Waals surface area contributed by atoms with Crippen molar-refractivity contribution in [3.8, 4) is 11.5 Å². The standard InChI is InChI=1S/C24H28F2N4O5.C2HF3O2/c1-5-9-24(3,29-23(32)33)13-27-22(31)20-14(2)28-21-19(10-15(34-4)11-30(20)21)35-12-16-17(25)7-6-8-18(16)26;3-2(4,5)1(6)7/h6-8,10-11,29H,5,9,12-13H2,1-4H3,(H,27,31)(H,32,33);(H,6,7). The molecule has 0 radical (unpaired) electrons. The Morgan fingerprint density at radius 3 is 2.21 bits per heavy atom. The maximum atomic E-state index is 14.0. The van der Waals surface area contributed by atoms with E-state index in [2.05, 4.69) is 15.6 Å². The lowest BCUT2D eigenvalue weighted by Gasteiger charge is -2.29. The van der Waals surface area contributed by atoms with Gasteiger partial charge in [0.2, 0.25) is 0 Å². The number of carboxylic acid groups (broad SMARTS) is 2. The third-order valence-corrected chi connectivity index (χ3v) is 5.81. The summed E-state index contributed by atoms with van der Waals surface area (Å²) < 4.78 is 72.3. The van der Waals surface area contributed by atoms with Gasteiger partial charge in [-0.2, -0.15) is 13.2 Å². The van der Waals surface area contributed by atoms with Crippen molar-refractivity contribution in [1.82, 2.24) is 20.0 Å². The molecule has 1 unspecified atom stereocenters. The van der Waals surface area contributed by atoms with Crippen molar-refractivity contribution in [2.75, 3.05) is 13.7 Å². The first-order chi connectivity index (χ1) is 19.5. The van der Waals surface area contributed by atoms with Crippen LogP contribution in [0.25, 0.3) is 5.65 Å². The summed E-state index contributed by atoms with van der Waals surface area (Å²) in [6.07, 6.45) is -3.49. The third-order valence-electron chi connectivity index (χ3n) is 5.81. The number of aryl methyl sites for hydroxylation is 1. The number of carbonyl (C=O) groups is 3. The number of aliphatic carboxylic acids is 1. The zero-order valence-electron chi connectivity index (χ0n) is 22.9. The minimum Gasteiger partial charge on any atom is -0.495 e. The van der Waals surface area contributed by atoms with Gasteiger partial charge in [-0.3, -0.25) is 9.20 Å². The fraction of sp³-hybridized carbons (Fsp3) is 0.385. The predicted molar refractivity (Wildman–Crippen MR) is 138 cm³/mol. The van der Waals surface area contributed by atoms with Crippen LogP contribution in [0.5, 0.6) is 11.5 Å². The normalized spacial score (nSPS) is 12.5. The van der Waals surface area contributed by atoms with Crippen LogP contribution in [0.3, 0.4) is 0 Å². The number of hydrogen-bond acceptors (Lipinski definition) is 6. The largest absolute Gasteiger partial charge is 0.495 e. The number of fused-ring (bicyclic) bond motifs is 1. The summed E-state index contributed by atoms with van der Waals surface area (Å²) in [5, 5.41) is 21.5. The van der Waals surface area contributed by atoms with Gasteiger partial charge >= 0.3 is 18.2 Å². The van der Waals surface area contributed by atoms with Gasteiger partial charge in [0.15, 0.2) is 11.4 Å². The van der Waals surface area contributed by atoms with Crippen molar-refractivity contribution in [2.24, 2.45) is 0 Å². The Labute approximate surface area is 236 Å². The van der Waals surface area contributed by atoms with E-state index in [4.69, 9.17) is 24.5 Å². The number of alkyl halides is 3. The Hall–Kier alpha value is -4.63. The number of halogens is 5. The first-order valence-corrected chi connectivity index (χ1v) is 12.2. The average molecular weight is 605 g/mol. The minimum absolute atomic E-state index is 0.0541. The lowest BCUT2D eigenvalue weighted by molar-refractivity contribution is -0.192. The van der Waals surface area contributed by atoms with Crippen LogP contribution in [-0.4, -0.2) is 62.9 Å². The van der Waals surface area contributed by atoms with Crippen LogP contribution in [0.1, 0.15) is 48.4 Å². The second-order valence-electron chi connectivity index (χ2n) is 9.20. The molecule has 0 saturated carbocycles. The third kappa shape index (κ3) is 8.68. The number of imidazole rings is 1. The molecule has 2 amide bonds. The molecule has 0 bridgehead atoms. The van der Waals surface area contributed by atoms with Crippen molar-refractivity contribution >= 4 is 23.6 Å². The second kappa shape index (κ2) is 13.8. The van der Waals surface area contributed by atoms with E-state index in [1.54, 1.807) is 20.0 Å². The number of carbonyl (C=O) groups excluding carboxylic acids is 1. The highest BCUT2D eigenvalue weighted by Gasteiger charge is 2.38. The van der Waals surface area contributed by atoms with Crippen molar-refractivity contribution in [2.45, 2.75) is 51.9 Å². The summed E-state index contributed by atoms with van der Waals surface area (Å²) in [6.45, 7) is 4.92. The number of rotatable bonds is 10. The van der Waals surface area contributed by atoms with Gasteiger partial charge in [0.1, 0.15) is 29.7 Å². The summed E-state index contributed by atoms with van der Waals surface area (Å²) >= 11 is 0. The average Bonchev–Trinajstić information content (AvgIpc) is 3.22. The van der Waals surface area contributed by atoms with Gasteiger partial charge in [0, 0.05) is 12.6 Å². The van der Waals surface area contributed by atoms with E-state index in [1.165, 1.54) is 23.6 Å². The number of hydrogen-bond donors (Lipinski definition) is 4. The fourth-order valence-electron chi connectivity index (χ4n) is 3.88.